The summed E-state index contributed by atoms with van der Waals surface area (Å²) in [5.41, 5.74) is 1.19. The van der Waals surface area contributed by atoms with E-state index in [0.717, 1.165) is 34.8 Å². The molecule has 1 fully saturated rings. The van der Waals surface area contributed by atoms with Gasteiger partial charge in [0, 0.05) is 23.4 Å². The molecule has 3 aromatic rings. The predicted molar refractivity (Wildman–Crippen MR) is 109 cm³/mol. The normalized spacial score (nSPS) is 17.6. The van der Waals surface area contributed by atoms with Crippen molar-refractivity contribution in [3.63, 3.8) is 0 Å². The Morgan fingerprint density at radius 2 is 2.15 bits per heavy atom. The zero-order chi connectivity index (χ0) is 17.9. The van der Waals surface area contributed by atoms with Gasteiger partial charge < -0.3 is 4.90 Å². The van der Waals surface area contributed by atoms with E-state index in [1.165, 1.54) is 28.6 Å². The number of rotatable bonds is 4. The maximum absolute atomic E-state index is 12.5. The number of thiophene rings is 1. The molecule has 134 valence electrons. The van der Waals surface area contributed by atoms with E-state index < -0.39 is 0 Å². The lowest BCUT2D eigenvalue weighted by Gasteiger charge is -2.30. The van der Waals surface area contributed by atoms with E-state index in [1.54, 1.807) is 17.7 Å². The second kappa shape index (κ2) is 7.76. The van der Waals surface area contributed by atoms with Crippen molar-refractivity contribution in [3.05, 3.63) is 42.7 Å². The first-order valence-electron chi connectivity index (χ1n) is 8.91. The minimum atomic E-state index is 0.215. The summed E-state index contributed by atoms with van der Waals surface area (Å²) in [6.07, 6.45) is 3.93. The van der Waals surface area contributed by atoms with Gasteiger partial charge in [-0.1, -0.05) is 49.0 Å². The number of aromatic nitrogens is 2. The molecule has 0 aliphatic carbocycles. The molecule has 4 rings (SSSR count). The first-order chi connectivity index (χ1) is 12.7. The van der Waals surface area contributed by atoms with Crippen LogP contribution in [-0.2, 0) is 4.79 Å². The molecule has 0 bridgehead atoms. The van der Waals surface area contributed by atoms with E-state index in [2.05, 4.69) is 35.1 Å². The van der Waals surface area contributed by atoms with Crippen LogP contribution in [-0.4, -0.2) is 39.6 Å². The SMILES string of the molecule is C[C@H]1CCCN(C(=O)CSc2ncnc3sc(-c4ccccc4)cc23)C1. The Hall–Kier alpha value is -1.92. The van der Waals surface area contributed by atoms with E-state index in [9.17, 15) is 4.79 Å². The molecule has 1 aliphatic heterocycles. The molecule has 2 aromatic heterocycles. The average molecular weight is 384 g/mol. The number of benzene rings is 1. The number of nitrogens with zero attached hydrogens (tertiary/aromatic N) is 3. The fourth-order valence-electron chi connectivity index (χ4n) is 3.33. The van der Waals surface area contributed by atoms with Crippen LogP contribution < -0.4 is 0 Å². The maximum atomic E-state index is 12.5. The third kappa shape index (κ3) is 3.76. The summed E-state index contributed by atoms with van der Waals surface area (Å²) in [4.78, 5) is 25.5. The Balaban J connectivity index is 1.51. The molecule has 1 aromatic carbocycles. The number of likely N-dealkylation sites (tertiary alicyclic amines) is 1. The molecule has 6 heteroatoms. The van der Waals surface area contributed by atoms with Crippen LogP contribution in [0.15, 0.2) is 47.8 Å². The molecule has 26 heavy (non-hydrogen) atoms. The minimum Gasteiger partial charge on any atom is -0.342 e. The second-order valence-electron chi connectivity index (χ2n) is 6.75. The van der Waals surface area contributed by atoms with Gasteiger partial charge in [-0.05, 0) is 30.4 Å². The molecule has 0 radical (unpaired) electrons. The number of hydrogen-bond donors (Lipinski definition) is 0. The van der Waals surface area contributed by atoms with Crippen LogP contribution in [0.2, 0.25) is 0 Å². The van der Waals surface area contributed by atoms with Crippen LogP contribution in [0.5, 0.6) is 0 Å². The van der Waals surface area contributed by atoms with Gasteiger partial charge in [0.05, 0.1) is 5.75 Å². The highest BCUT2D eigenvalue weighted by Crippen LogP contribution is 2.36. The van der Waals surface area contributed by atoms with Gasteiger partial charge in [-0.2, -0.15) is 0 Å². The van der Waals surface area contributed by atoms with Crippen molar-refractivity contribution in [2.24, 2.45) is 5.92 Å². The molecule has 1 saturated heterocycles. The lowest BCUT2D eigenvalue weighted by molar-refractivity contribution is -0.130. The first kappa shape index (κ1) is 17.5. The first-order valence-corrected chi connectivity index (χ1v) is 10.7. The minimum absolute atomic E-state index is 0.215. The maximum Gasteiger partial charge on any atom is 0.232 e. The summed E-state index contributed by atoms with van der Waals surface area (Å²) < 4.78 is 0. The van der Waals surface area contributed by atoms with Gasteiger partial charge in [-0.15, -0.1) is 11.3 Å². The summed E-state index contributed by atoms with van der Waals surface area (Å²) in [5.74, 6) is 1.26. The van der Waals surface area contributed by atoms with Crippen molar-refractivity contribution >= 4 is 39.2 Å². The molecule has 0 saturated carbocycles. The second-order valence-corrected chi connectivity index (χ2v) is 8.74. The van der Waals surface area contributed by atoms with Gasteiger partial charge in [0.2, 0.25) is 5.91 Å². The topological polar surface area (TPSA) is 46.1 Å². The Kier molecular flexibility index (Phi) is 5.22. The zero-order valence-corrected chi connectivity index (χ0v) is 16.4. The van der Waals surface area contributed by atoms with E-state index in [1.807, 2.05) is 23.1 Å². The molecule has 3 heterocycles. The zero-order valence-electron chi connectivity index (χ0n) is 14.7. The Morgan fingerprint density at radius 3 is 2.96 bits per heavy atom. The number of carbonyl (C=O) groups is 1. The molecule has 0 spiro atoms. The van der Waals surface area contributed by atoms with Crippen molar-refractivity contribution in [1.82, 2.24) is 14.9 Å². The third-order valence-corrected chi connectivity index (χ3v) is 6.78. The lowest BCUT2D eigenvalue weighted by atomic mass is 10.0. The van der Waals surface area contributed by atoms with Gasteiger partial charge in [-0.3, -0.25) is 4.79 Å². The molecule has 4 nitrogen and oxygen atoms in total. The van der Waals surface area contributed by atoms with Gasteiger partial charge >= 0.3 is 0 Å². The number of carbonyl (C=O) groups excluding carboxylic acids is 1. The van der Waals surface area contributed by atoms with Crippen molar-refractivity contribution < 1.29 is 4.79 Å². The van der Waals surface area contributed by atoms with Crippen LogP contribution in [0.4, 0.5) is 0 Å². The molecule has 1 atom stereocenters. The summed E-state index contributed by atoms with van der Waals surface area (Å²) >= 11 is 3.19. The van der Waals surface area contributed by atoms with Crippen LogP contribution in [0, 0.1) is 5.92 Å². The van der Waals surface area contributed by atoms with E-state index in [0.29, 0.717) is 11.7 Å². The summed E-state index contributed by atoms with van der Waals surface area (Å²) in [5, 5.41) is 1.94. The van der Waals surface area contributed by atoms with Crippen molar-refractivity contribution in [1.29, 1.82) is 0 Å². The molecular formula is C20H21N3OS2. The number of amides is 1. The fourth-order valence-corrected chi connectivity index (χ4v) is 5.28. The van der Waals surface area contributed by atoms with Gasteiger partial charge in [0.15, 0.2) is 0 Å². The fraction of sp³-hybridized carbons (Fsp3) is 0.350. The van der Waals surface area contributed by atoms with Gasteiger partial charge in [0.25, 0.3) is 0 Å². The number of piperidine rings is 1. The van der Waals surface area contributed by atoms with Crippen molar-refractivity contribution in [2.45, 2.75) is 24.8 Å². The van der Waals surface area contributed by atoms with Crippen LogP contribution >= 0.6 is 23.1 Å². The van der Waals surface area contributed by atoms with Gasteiger partial charge in [0.1, 0.15) is 16.2 Å². The largest absolute Gasteiger partial charge is 0.342 e. The summed E-state index contributed by atoms with van der Waals surface area (Å²) in [6.45, 7) is 3.99. The Labute approximate surface area is 161 Å². The molecule has 1 aliphatic rings. The van der Waals surface area contributed by atoms with Crippen LogP contribution in [0.25, 0.3) is 20.7 Å². The third-order valence-electron chi connectivity index (χ3n) is 4.69. The summed E-state index contributed by atoms with van der Waals surface area (Å²) in [6, 6.07) is 12.5. The Morgan fingerprint density at radius 1 is 1.31 bits per heavy atom. The molecular weight excluding hydrogens is 362 g/mol. The highest BCUT2D eigenvalue weighted by molar-refractivity contribution is 8.00. The van der Waals surface area contributed by atoms with Crippen LogP contribution in [0.1, 0.15) is 19.8 Å². The van der Waals surface area contributed by atoms with Crippen molar-refractivity contribution in [3.8, 4) is 10.4 Å². The highest BCUT2D eigenvalue weighted by atomic mass is 32.2. The van der Waals surface area contributed by atoms with Crippen LogP contribution in [0.3, 0.4) is 0 Å². The monoisotopic (exact) mass is 383 g/mol. The molecule has 0 N–H and O–H groups in total. The summed E-state index contributed by atoms with van der Waals surface area (Å²) in [7, 11) is 0. The van der Waals surface area contributed by atoms with E-state index in [-0.39, 0.29) is 5.91 Å². The number of fused-ring (bicyclic) bond motifs is 1. The molecule has 0 unspecified atom stereocenters. The van der Waals surface area contributed by atoms with E-state index in [4.69, 9.17) is 0 Å². The number of thioether (sulfide) groups is 1. The predicted octanol–water partition coefficient (Wildman–Crippen LogP) is 4.71. The molecule has 1 amide bonds. The van der Waals surface area contributed by atoms with Crippen molar-refractivity contribution in [2.75, 3.05) is 18.8 Å². The van der Waals surface area contributed by atoms with Gasteiger partial charge in [-0.25, -0.2) is 9.97 Å². The standard InChI is InChI=1S/C20H21N3OS2/c1-14-6-5-9-23(11-14)18(24)12-25-19-16-10-17(15-7-3-2-4-8-15)26-20(16)22-13-21-19/h2-4,7-8,10,13-14H,5-6,9,11-12H2,1H3/t14-/m0/s1. The highest BCUT2D eigenvalue weighted by Gasteiger charge is 2.21. The average Bonchev–Trinajstić information content (AvgIpc) is 3.12. The lowest BCUT2D eigenvalue weighted by Crippen LogP contribution is -2.40. The quantitative estimate of drug-likeness (QED) is 0.483. The van der Waals surface area contributed by atoms with E-state index >= 15 is 0 Å². The number of hydrogen-bond acceptors (Lipinski definition) is 5. The smallest absolute Gasteiger partial charge is 0.232 e. The Bertz CT molecular complexity index is 910.